The van der Waals surface area contributed by atoms with Gasteiger partial charge >= 0.3 is 5.69 Å². The average molecular weight is 387 g/mol. The lowest BCUT2D eigenvalue weighted by Gasteiger charge is -2.03. The predicted octanol–water partition coefficient (Wildman–Crippen LogP) is 3.84. The first-order valence-electron chi connectivity index (χ1n) is 7.62. The number of fused-ring (bicyclic) bond motifs is 1. The monoisotopic (exact) mass is 387 g/mol. The van der Waals surface area contributed by atoms with E-state index >= 15 is 0 Å². The second-order valence-electron chi connectivity index (χ2n) is 5.48. The molecule has 1 aromatic heterocycles. The highest BCUT2D eigenvalue weighted by Gasteiger charge is 2.19. The maximum Gasteiger partial charge on any atom is 0.306 e. The molecule has 0 aliphatic carbocycles. The van der Waals surface area contributed by atoms with E-state index < -0.39 is 22.3 Å². The Morgan fingerprint density at radius 1 is 1.22 bits per heavy atom. The SMILES string of the molecule is O=C(Nc1ccc(F)c([N+](=O)[O-])c1)c1csc(-c2ccc3c(c2)OCO3)n1. The standard InChI is InChI=1S/C17H10FN3O5S/c18-11-3-2-10(6-13(11)21(23)24)19-16(22)12-7-27-17(20-12)9-1-4-14-15(5-9)26-8-25-14/h1-7H,8H2,(H,19,22). The second-order valence-corrected chi connectivity index (χ2v) is 6.34. The summed E-state index contributed by atoms with van der Waals surface area (Å²) in [5.74, 6) is -0.283. The van der Waals surface area contributed by atoms with Crippen LogP contribution in [0.5, 0.6) is 11.5 Å². The molecule has 27 heavy (non-hydrogen) atoms. The van der Waals surface area contributed by atoms with Gasteiger partial charge in [0, 0.05) is 22.7 Å². The summed E-state index contributed by atoms with van der Waals surface area (Å²) in [4.78, 5) is 26.6. The van der Waals surface area contributed by atoms with Gasteiger partial charge in [-0.3, -0.25) is 14.9 Å². The van der Waals surface area contributed by atoms with Crippen molar-refractivity contribution in [1.82, 2.24) is 4.98 Å². The number of anilines is 1. The number of nitrogens with one attached hydrogen (secondary N) is 1. The first-order chi connectivity index (χ1) is 13.0. The molecule has 0 saturated heterocycles. The Morgan fingerprint density at radius 3 is 2.85 bits per heavy atom. The van der Waals surface area contributed by atoms with Gasteiger partial charge in [-0.25, -0.2) is 4.98 Å². The fraction of sp³-hybridized carbons (Fsp3) is 0.0588. The highest BCUT2D eigenvalue weighted by atomic mass is 32.1. The number of rotatable bonds is 4. The minimum Gasteiger partial charge on any atom is -0.454 e. The molecule has 0 atom stereocenters. The van der Waals surface area contributed by atoms with Crippen LogP contribution in [0.1, 0.15) is 10.5 Å². The van der Waals surface area contributed by atoms with E-state index in [-0.39, 0.29) is 18.2 Å². The number of hydrogen-bond donors (Lipinski definition) is 1. The van der Waals surface area contributed by atoms with E-state index in [1.165, 1.54) is 17.4 Å². The lowest BCUT2D eigenvalue weighted by atomic mass is 10.2. The van der Waals surface area contributed by atoms with Gasteiger partial charge in [0.25, 0.3) is 5.91 Å². The van der Waals surface area contributed by atoms with Crippen molar-refractivity contribution in [1.29, 1.82) is 0 Å². The van der Waals surface area contributed by atoms with Crippen molar-refractivity contribution >= 4 is 28.6 Å². The van der Waals surface area contributed by atoms with Crippen LogP contribution in [0.3, 0.4) is 0 Å². The first kappa shape index (κ1) is 16.9. The molecule has 2 heterocycles. The highest BCUT2D eigenvalue weighted by molar-refractivity contribution is 7.13. The normalized spacial score (nSPS) is 12.0. The molecule has 1 N–H and O–H groups in total. The molecule has 0 fully saturated rings. The average Bonchev–Trinajstić information content (AvgIpc) is 3.31. The minimum absolute atomic E-state index is 0.103. The van der Waals surface area contributed by atoms with E-state index in [0.29, 0.717) is 16.5 Å². The number of carbonyl (C=O) groups is 1. The third kappa shape index (κ3) is 3.29. The summed E-state index contributed by atoms with van der Waals surface area (Å²) in [5.41, 5.74) is 0.290. The number of nitrogens with zero attached hydrogens (tertiary/aromatic N) is 2. The number of aromatic nitrogens is 1. The molecule has 3 aromatic rings. The summed E-state index contributed by atoms with van der Waals surface area (Å²) in [6.45, 7) is 0.161. The summed E-state index contributed by atoms with van der Waals surface area (Å²) < 4.78 is 24.0. The second kappa shape index (κ2) is 6.65. The van der Waals surface area contributed by atoms with E-state index in [0.717, 1.165) is 17.7 Å². The number of hydrogen-bond acceptors (Lipinski definition) is 7. The lowest BCUT2D eigenvalue weighted by Crippen LogP contribution is -2.12. The molecule has 1 aliphatic rings. The molecule has 0 unspecified atom stereocenters. The number of thiazole rings is 1. The Balaban J connectivity index is 1.54. The molecule has 0 saturated carbocycles. The molecule has 136 valence electrons. The summed E-state index contributed by atoms with van der Waals surface area (Å²) >= 11 is 1.26. The zero-order valence-electron chi connectivity index (χ0n) is 13.5. The van der Waals surface area contributed by atoms with Crippen LogP contribution in [0, 0.1) is 15.9 Å². The fourth-order valence-electron chi connectivity index (χ4n) is 2.47. The van der Waals surface area contributed by atoms with Crippen LogP contribution < -0.4 is 14.8 Å². The van der Waals surface area contributed by atoms with Gasteiger partial charge in [0.2, 0.25) is 12.6 Å². The largest absolute Gasteiger partial charge is 0.454 e. The van der Waals surface area contributed by atoms with Crippen LogP contribution in [0.4, 0.5) is 15.8 Å². The first-order valence-corrected chi connectivity index (χ1v) is 8.50. The maximum absolute atomic E-state index is 13.4. The topological polar surface area (TPSA) is 104 Å². The molecule has 0 spiro atoms. The van der Waals surface area contributed by atoms with Crippen molar-refractivity contribution in [3.8, 4) is 22.1 Å². The molecule has 1 amide bonds. The zero-order valence-corrected chi connectivity index (χ0v) is 14.3. The Labute approximate surface area is 155 Å². The number of benzene rings is 2. The van der Waals surface area contributed by atoms with Crippen molar-refractivity contribution in [2.24, 2.45) is 0 Å². The molecule has 4 rings (SSSR count). The maximum atomic E-state index is 13.4. The number of carbonyl (C=O) groups excluding carboxylic acids is 1. The van der Waals surface area contributed by atoms with Gasteiger partial charge in [-0.1, -0.05) is 0 Å². The van der Waals surface area contributed by atoms with E-state index in [1.807, 2.05) is 0 Å². The van der Waals surface area contributed by atoms with Gasteiger partial charge in [0.05, 0.1) is 4.92 Å². The third-order valence-corrected chi connectivity index (χ3v) is 4.65. The molecule has 0 bridgehead atoms. The van der Waals surface area contributed by atoms with E-state index in [4.69, 9.17) is 9.47 Å². The number of amides is 1. The van der Waals surface area contributed by atoms with Gasteiger partial charge in [-0.05, 0) is 30.3 Å². The molecule has 10 heteroatoms. The molecule has 8 nitrogen and oxygen atoms in total. The lowest BCUT2D eigenvalue weighted by molar-refractivity contribution is -0.387. The Hall–Kier alpha value is -3.53. The Kier molecular flexibility index (Phi) is 4.16. The van der Waals surface area contributed by atoms with Gasteiger partial charge in [-0.15, -0.1) is 11.3 Å². The van der Waals surface area contributed by atoms with Crippen LogP contribution in [0.25, 0.3) is 10.6 Å². The van der Waals surface area contributed by atoms with Crippen LogP contribution >= 0.6 is 11.3 Å². The van der Waals surface area contributed by atoms with Gasteiger partial charge in [-0.2, -0.15) is 4.39 Å². The highest BCUT2D eigenvalue weighted by Crippen LogP contribution is 2.36. The molecule has 2 aromatic carbocycles. The minimum atomic E-state index is -0.975. The summed E-state index contributed by atoms with van der Waals surface area (Å²) in [6, 6.07) is 8.45. The van der Waals surface area contributed by atoms with Crippen LogP contribution in [0.15, 0.2) is 41.8 Å². The van der Waals surface area contributed by atoms with Crippen LogP contribution in [-0.2, 0) is 0 Å². The van der Waals surface area contributed by atoms with Gasteiger partial charge in [0.1, 0.15) is 10.7 Å². The van der Waals surface area contributed by atoms with Crippen molar-refractivity contribution in [3.63, 3.8) is 0 Å². The predicted molar refractivity (Wildman–Crippen MR) is 94.7 cm³/mol. The quantitative estimate of drug-likeness (QED) is 0.539. The molecular formula is C17H10FN3O5S. The number of nitro benzene ring substituents is 1. The Morgan fingerprint density at radius 2 is 2.04 bits per heavy atom. The molecule has 0 radical (unpaired) electrons. The van der Waals surface area contributed by atoms with Crippen molar-refractivity contribution < 1.29 is 23.6 Å². The third-order valence-electron chi connectivity index (χ3n) is 3.76. The number of ether oxygens (including phenoxy) is 2. The van der Waals surface area contributed by atoms with E-state index in [1.54, 1.807) is 23.6 Å². The zero-order chi connectivity index (χ0) is 19.0. The molecule has 1 aliphatic heterocycles. The fourth-order valence-corrected chi connectivity index (χ4v) is 3.26. The van der Waals surface area contributed by atoms with Crippen LogP contribution in [-0.4, -0.2) is 22.6 Å². The van der Waals surface area contributed by atoms with Crippen molar-refractivity contribution in [2.45, 2.75) is 0 Å². The van der Waals surface area contributed by atoms with Gasteiger partial charge in [0.15, 0.2) is 11.5 Å². The van der Waals surface area contributed by atoms with Gasteiger partial charge < -0.3 is 14.8 Å². The summed E-state index contributed by atoms with van der Waals surface area (Å²) in [5, 5.41) is 15.4. The summed E-state index contributed by atoms with van der Waals surface area (Å²) in [6.07, 6.45) is 0. The summed E-state index contributed by atoms with van der Waals surface area (Å²) in [7, 11) is 0. The van der Waals surface area contributed by atoms with Crippen molar-refractivity contribution in [2.75, 3.05) is 12.1 Å². The molecular weight excluding hydrogens is 377 g/mol. The Bertz CT molecular complexity index is 1070. The number of halogens is 1. The van der Waals surface area contributed by atoms with Crippen LogP contribution in [0.2, 0.25) is 0 Å². The van der Waals surface area contributed by atoms with E-state index in [2.05, 4.69) is 10.3 Å². The van der Waals surface area contributed by atoms with E-state index in [9.17, 15) is 19.3 Å². The van der Waals surface area contributed by atoms with Crippen molar-refractivity contribution in [3.05, 3.63) is 63.4 Å². The smallest absolute Gasteiger partial charge is 0.306 e. The number of nitro groups is 1.